The van der Waals surface area contributed by atoms with Crippen molar-refractivity contribution < 1.29 is 4.79 Å². The van der Waals surface area contributed by atoms with Crippen LogP contribution < -0.4 is 0 Å². The van der Waals surface area contributed by atoms with Crippen molar-refractivity contribution >= 4 is 11.9 Å². The molecule has 4 heteroatoms. The predicted octanol–water partition coefficient (Wildman–Crippen LogP) is 3.38. The fraction of sp³-hybridized carbons (Fsp3) is 0.0556. The highest BCUT2D eigenvalue weighted by Crippen LogP contribution is 2.22. The van der Waals surface area contributed by atoms with Crippen molar-refractivity contribution in [3.63, 3.8) is 0 Å². The molecule has 0 saturated heterocycles. The van der Waals surface area contributed by atoms with E-state index in [0.717, 1.165) is 16.8 Å². The summed E-state index contributed by atoms with van der Waals surface area (Å²) in [6.45, 7) is 0. The molecule has 0 bridgehead atoms. The number of benzene rings is 1. The lowest BCUT2D eigenvalue weighted by molar-refractivity contribution is 0.104. The lowest BCUT2D eigenvalue weighted by Crippen LogP contribution is -1.92. The number of pyridine rings is 1. The fourth-order valence-electron chi connectivity index (χ4n) is 2.23. The third kappa shape index (κ3) is 3.01. The first-order valence-corrected chi connectivity index (χ1v) is 6.95. The van der Waals surface area contributed by atoms with Gasteiger partial charge < -0.3 is 0 Å². The maximum Gasteiger partial charge on any atom is 0.185 e. The van der Waals surface area contributed by atoms with E-state index in [4.69, 9.17) is 0 Å². The molecule has 3 rings (SSSR count). The van der Waals surface area contributed by atoms with Gasteiger partial charge >= 0.3 is 0 Å². The summed E-state index contributed by atoms with van der Waals surface area (Å²) >= 11 is 0. The Balaban J connectivity index is 1.90. The van der Waals surface area contributed by atoms with E-state index < -0.39 is 0 Å². The van der Waals surface area contributed by atoms with Gasteiger partial charge in [0.05, 0.1) is 5.69 Å². The number of rotatable bonds is 4. The van der Waals surface area contributed by atoms with Gasteiger partial charge in [0.25, 0.3) is 0 Å². The largest absolute Gasteiger partial charge is 0.289 e. The molecule has 0 aliphatic heterocycles. The lowest BCUT2D eigenvalue weighted by Gasteiger charge is -1.98. The summed E-state index contributed by atoms with van der Waals surface area (Å²) in [6, 6.07) is 13.0. The van der Waals surface area contributed by atoms with Crippen molar-refractivity contribution in [2.24, 2.45) is 7.05 Å². The Kier molecular flexibility index (Phi) is 3.92. The van der Waals surface area contributed by atoms with Gasteiger partial charge in [-0.3, -0.25) is 14.5 Å². The van der Waals surface area contributed by atoms with Crippen LogP contribution in [-0.4, -0.2) is 20.5 Å². The Morgan fingerprint density at radius 3 is 2.55 bits per heavy atom. The van der Waals surface area contributed by atoms with Crippen LogP contribution in [0.15, 0.2) is 67.1 Å². The van der Waals surface area contributed by atoms with Gasteiger partial charge in [0.15, 0.2) is 5.78 Å². The predicted molar refractivity (Wildman–Crippen MR) is 86.2 cm³/mol. The number of hydrogen-bond acceptors (Lipinski definition) is 3. The molecule has 0 aliphatic rings. The zero-order valence-electron chi connectivity index (χ0n) is 12.2. The minimum absolute atomic E-state index is 0.0230. The Morgan fingerprint density at radius 2 is 1.82 bits per heavy atom. The first-order chi connectivity index (χ1) is 10.7. The molecule has 0 spiro atoms. The van der Waals surface area contributed by atoms with Gasteiger partial charge in [0, 0.05) is 42.3 Å². The second kappa shape index (κ2) is 6.18. The third-order valence-electron chi connectivity index (χ3n) is 3.28. The molecule has 0 fully saturated rings. The van der Waals surface area contributed by atoms with Gasteiger partial charge in [0.2, 0.25) is 0 Å². The summed E-state index contributed by atoms with van der Waals surface area (Å²) in [5, 5.41) is 4.46. The van der Waals surface area contributed by atoms with Crippen LogP contribution in [0, 0.1) is 0 Å². The van der Waals surface area contributed by atoms with Gasteiger partial charge in [0.1, 0.15) is 0 Å². The van der Waals surface area contributed by atoms with Crippen molar-refractivity contribution in [3.8, 4) is 11.3 Å². The summed E-state index contributed by atoms with van der Waals surface area (Å²) < 4.78 is 1.74. The Labute approximate surface area is 128 Å². The third-order valence-corrected chi connectivity index (χ3v) is 3.28. The number of allylic oxidation sites excluding steroid dienone is 1. The summed E-state index contributed by atoms with van der Waals surface area (Å²) in [7, 11) is 1.86. The number of nitrogens with zero attached hydrogens (tertiary/aromatic N) is 3. The normalized spacial score (nSPS) is 11.0. The van der Waals surface area contributed by atoms with Crippen LogP contribution in [0.25, 0.3) is 17.3 Å². The minimum atomic E-state index is -0.0230. The molecule has 0 saturated carbocycles. The van der Waals surface area contributed by atoms with E-state index in [0.29, 0.717) is 5.56 Å². The van der Waals surface area contributed by atoms with Crippen LogP contribution in [0.2, 0.25) is 0 Å². The molecule has 0 amide bonds. The Bertz CT molecular complexity index is 805. The van der Waals surface area contributed by atoms with Crippen LogP contribution in [-0.2, 0) is 7.05 Å². The van der Waals surface area contributed by atoms with E-state index in [2.05, 4.69) is 10.1 Å². The maximum absolute atomic E-state index is 12.1. The minimum Gasteiger partial charge on any atom is -0.289 e. The monoisotopic (exact) mass is 289 g/mol. The molecule has 1 aromatic carbocycles. The summed E-state index contributed by atoms with van der Waals surface area (Å²) in [5.74, 6) is -0.0230. The zero-order valence-corrected chi connectivity index (χ0v) is 12.2. The quantitative estimate of drug-likeness (QED) is 0.546. The first-order valence-electron chi connectivity index (χ1n) is 6.95. The highest BCUT2D eigenvalue weighted by Gasteiger charge is 2.08. The van der Waals surface area contributed by atoms with Crippen molar-refractivity contribution in [2.75, 3.05) is 0 Å². The molecule has 0 unspecified atom stereocenters. The summed E-state index contributed by atoms with van der Waals surface area (Å²) in [4.78, 5) is 16.2. The number of aryl methyl sites for hydroxylation is 1. The smallest absolute Gasteiger partial charge is 0.185 e. The van der Waals surface area contributed by atoms with Crippen LogP contribution in [0.4, 0.5) is 0 Å². The van der Waals surface area contributed by atoms with Crippen molar-refractivity contribution in [1.82, 2.24) is 14.8 Å². The van der Waals surface area contributed by atoms with E-state index in [1.807, 2.05) is 43.6 Å². The maximum atomic E-state index is 12.1. The number of carbonyl (C=O) groups is 1. The SMILES string of the molecule is Cn1cc(/C=C/C(=O)c2ccccc2)c(-c2ccncc2)n1. The molecule has 2 aromatic heterocycles. The van der Waals surface area contributed by atoms with E-state index >= 15 is 0 Å². The van der Waals surface area contributed by atoms with Crippen molar-refractivity contribution in [1.29, 1.82) is 0 Å². The van der Waals surface area contributed by atoms with E-state index in [-0.39, 0.29) is 5.78 Å². The molecular weight excluding hydrogens is 274 g/mol. The second-order valence-corrected chi connectivity index (χ2v) is 4.91. The average molecular weight is 289 g/mol. The summed E-state index contributed by atoms with van der Waals surface area (Å²) in [6.07, 6.45) is 8.74. The van der Waals surface area contributed by atoms with Crippen LogP contribution in [0.3, 0.4) is 0 Å². The highest BCUT2D eigenvalue weighted by molar-refractivity contribution is 6.07. The molecule has 0 aliphatic carbocycles. The van der Waals surface area contributed by atoms with Gasteiger partial charge in [-0.1, -0.05) is 30.3 Å². The average Bonchev–Trinajstić information content (AvgIpc) is 2.95. The van der Waals surface area contributed by atoms with Gasteiger partial charge in [-0.2, -0.15) is 5.10 Å². The van der Waals surface area contributed by atoms with Crippen LogP contribution in [0.1, 0.15) is 15.9 Å². The molecule has 0 N–H and O–H groups in total. The Morgan fingerprint density at radius 1 is 1.09 bits per heavy atom. The number of carbonyl (C=O) groups excluding carboxylic acids is 1. The zero-order chi connectivity index (χ0) is 15.4. The van der Waals surface area contributed by atoms with Crippen molar-refractivity contribution in [3.05, 3.63) is 78.3 Å². The molecule has 22 heavy (non-hydrogen) atoms. The number of ketones is 1. The first kappa shape index (κ1) is 13.9. The van der Waals surface area contributed by atoms with Crippen LogP contribution >= 0.6 is 0 Å². The fourth-order valence-corrected chi connectivity index (χ4v) is 2.23. The molecular formula is C18H15N3O. The van der Waals surface area contributed by atoms with Crippen LogP contribution in [0.5, 0.6) is 0 Å². The molecule has 0 atom stereocenters. The standard InChI is InChI=1S/C18H15N3O/c1-21-13-16(18(20-21)15-9-11-19-12-10-15)7-8-17(22)14-5-3-2-4-6-14/h2-13H,1H3/b8-7+. The highest BCUT2D eigenvalue weighted by atomic mass is 16.1. The summed E-state index contributed by atoms with van der Waals surface area (Å²) in [5.41, 5.74) is 3.38. The Hall–Kier alpha value is -3.01. The van der Waals surface area contributed by atoms with Gasteiger partial charge in [-0.25, -0.2) is 0 Å². The van der Waals surface area contributed by atoms with E-state index in [1.165, 1.54) is 0 Å². The molecule has 0 radical (unpaired) electrons. The van der Waals surface area contributed by atoms with E-state index in [9.17, 15) is 4.79 Å². The van der Waals surface area contributed by atoms with E-state index in [1.54, 1.807) is 41.4 Å². The number of aromatic nitrogens is 3. The lowest BCUT2D eigenvalue weighted by atomic mass is 10.1. The second-order valence-electron chi connectivity index (χ2n) is 4.91. The molecule has 4 nitrogen and oxygen atoms in total. The van der Waals surface area contributed by atoms with Gasteiger partial charge in [-0.15, -0.1) is 0 Å². The molecule has 3 aromatic rings. The topological polar surface area (TPSA) is 47.8 Å². The number of hydrogen-bond donors (Lipinski definition) is 0. The van der Waals surface area contributed by atoms with Crippen molar-refractivity contribution in [2.45, 2.75) is 0 Å². The molecule has 108 valence electrons. The molecule has 2 heterocycles. The van der Waals surface area contributed by atoms with Gasteiger partial charge in [-0.05, 0) is 24.3 Å².